The summed E-state index contributed by atoms with van der Waals surface area (Å²) in [5, 5.41) is 25.8. The zero-order valence-corrected chi connectivity index (χ0v) is 11.9. The van der Waals surface area contributed by atoms with Gasteiger partial charge in [-0.3, -0.25) is 0 Å². The van der Waals surface area contributed by atoms with Gasteiger partial charge in [-0.1, -0.05) is 13.8 Å². The molecule has 7 heteroatoms. The van der Waals surface area contributed by atoms with Crippen LogP contribution in [0.5, 0.6) is 0 Å². The predicted octanol–water partition coefficient (Wildman–Crippen LogP) is 1.44. The molecular weight excluding hydrogens is 264 g/mol. The second-order valence-corrected chi connectivity index (χ2v) is 5.55. The molecule has 0 fully saturated rings. The Morgan fingerprint density at radius 1 is 1.42 bits per heavy atom. The Hall–Kier alpha value is -1.31. The van der Waals surface area contributed by atoms with Crippen molar-refractivity contribution in [1.29, 1.82) is 0 Å². The summed E-state index contributed by atoms with van der Waals surface area (Å²) < 4.78 is 5.37. The summed E-state index contributed by atoms with van der Waals surface area (Å²) in [5.74, 6) is 1.04. The van der Waals surface area contributed by atoms with Gasteiger partial charge in [0.25, 0.3) is 0 Å². The molecule has 1 atom stereocenters. The Bertz CT molecular complexity index is 484. The fourth-order valence-electron chi connectivity index (χ4n) is 1.51. The molecule has 19 heavy (non-hydrogen) atoms. The van der Waals surface area contributed by atoms with Crippen LogP contribution in [0.2, 0.25) is 0 Å². The lowest BCUT2D eigenvalue weighted by Crippen LogP contribution is -2.24. The molecule has 0 saturated carbocycles. The van der Waals surface area contributed by atoms with Crippen LogP contribution in [0.1, 0.15) is 13.8 Å². The summed E-state index contributed by atoms with van der Waals surface area (Å²) in [6.45, 7) is 5.35. The van der Waals surface area contributed by atoms with E-state index in [1.165, 1.54) is 4.80 Å². The van der Waals surface area contributed by atoms with Gasteiger partial charge in [-0.2, -0.15) is 16.1 Å². The molecule has 0 bridgehead atoms. The van der Waals surface area contributed by atoms with Crippen molar-refractivity contribution in [3.63, 3.8) is 0 Å². The topological polar surface area (TPSA) is 73.1 Å². The average molecular weight is 282 g/mol. The molecule has 2 aromatic rings. The van der Waals surface area contributed by atoms with Crippen LogP contribution in [0.15, 0.2) is 16.8 Å². The molecular formula is C12H18N4O2S. The lowest BCUT2D eigenvalue weighted by atomic mass is 10.2. The van der Waals surface area contributed by atoms with Gasteiger partial charge in [0.05, 0.1) is 19.3 Å². The molecule has 1 unspecified atom stereocenters. The number of aliphatic hydroxyl groups excluding tert-OH is 1. The molecule has 0 amide bonds. The van der Waals surface area contributed by atoms with Gasteiger partial charge in [0.15, 0.2) is 0 Å². The normalized spacial score (nSPS) is 13.1. The first-order chi connectivity index (χ1) is 9.15. The maximum atomic E-state index is 9.80. The minimum absolute atomic E-state index is 0.285. The fourth-order valence-corrected chi connectivity index (χ4v) is 2.14. The Morgan fingerprint density at radius 2 is 2.26 bits per heavy atom. The molecule has 0 spiro atoms. The maximum absolute atomic E-state index is 9.80. The predicted molar refractivity (Wildman–Crippen MR) is 72.8 cm³/mol. The zero-order chi connectivity index (χ0) is 13.7. The van der Waals surface area contributed by atoms with Gasteiger partial charge in [0.2, 0.25) is 5.82 Å². The quantitative estimate of drug-likeness (QED) is 0.831. The van der Waals surface area contributed by atoms with Crippen molar-refractivity contribution >= 4 is 11.3 Å². The van der Waals surface area contributed by atoms with Gasteiger partial charge in [-0.05, 0) is 22.6 Å². The molecule has 2 heterocycles. The van der Waals surface area contributed by atoms with E-state index in [0.29, 0.717) is 18.3 Å². The third-order valence-corrected chi connectivity index (χ3v) is 3.05. The van der Waals surface area contributed by atoms with E-state index < -0.39 is 6.10 Å². The van der Waals surface area contributed by atoms with Crippen LogP contribution in [-0.4, -0.2) is 44.6 Å². The van der Waals surface area contributed by atoms with E-state index in [2.05, 4.69) is 29.3 Å². The van der Waals surface area contributed by atoms with Crippen molar-refractivity contribution in [1.82, 2.24) is 20.2 Å². The van der Waals surface area contributed by atoms with Crippen LogP contribution in [0, 0.1) is 5.92 Å². The van der Waals surface area contributed by atoms with Crippen LogP contribution in [0.4, 0.5) is 0 Å². The SMILES string of the molecule is CC(C)COCC(O)Cn1nnc(-c2ccsc2)n1. The first-order valence-corrected chi connectivity index (χ1v) is 7.15. The van der Waals surface area contributed by atoms with Crippen LogP contribution in [-0.2, 0) is 11.3 Å². The van der Waals surface area contributed by atoms with Crippen LogP contribution < -0.4 is 0 Å². The Morgan fingerprint density at radius 3 is 2.95 bits per heavy atom. The molecule has 0 aliphatic carbocycles. The summed E-state index contributed by atoms with van der Waals surface area (Å²) >= 11 is 1.58. The number of hydrogen-bond donors (Lipinski definition) is 1. The zero-order valence-electron chi connectivity index (χ0n) is 11.1. The summed E-state index contributed by atoms with van der Waals surface area (Å²) in [6.07, 6.45) is -0.622. The number of tetrazole rings is 1. The van der Waals surface area contributed by atoms with E-state index >= 15 is 0 Å². The van der Waals surface area contributed by atoms with Crippen molar-refractivity contribution in [3.05, 3.63) is 16.8 Å². The van der Waals surface area contributed by atoms with Crippen molar-refractivity contribution in [2.45, 2.75) is 26.5 Å². The van der Waals surface area contributed by atoms with Crippen molar-refractivity contribution in [3.8, 4) is 11.4 Å². The van der Waals surface area contributed by atoms with Crippen molar-refractivity contribution in [2.24, 2.45) is 5.92 Å². The van der Waals surface area contributed by atoms with E-state index in [1.807, 2.05) is 16.8 Å². The van der Waals surface area contributed by atoms with Crippen LogP contribution in [0.25, 0.3) is 11.4 Å². The number of nitrogens with zero attached hydrogens (tertiary/aromatic N) is 4. The third-order valence-electron chi connectivity index (χ3n) is 2.37. The fraction of sp³-hybridized carbons (Fsp3) is 0.583. The highest BCUT2D eigenvalue weighted by atomic mass is 32.1. The van der Waals surface area contributed by atoms with Crippen LogP contribution >= 0.6 is 11.3 Å². The van der Waals surface area contributed by atoms with E-state index in [9.17, 15) is 5.11 Å². The third kappa shape index (κ3) is 4.38. The van der Waals surface area contributed by atoms with E-state index in [4.69, 9.17) is 4.74 Å². The molecule has 6 nitrogen and oxygen atoms in total. The van der Waals surface area contributed by atoms with E-state index in [0.717, 1.165) is 5.56 Å². The van der Waals surface area contributed by atoms with Crippen molar-refractivity contribution in [2.75, 3.05) is 13.2 Å². The first-order valence-electron chi connectivity index (χ1n) is 6.21. The Labute approximate surface area is 116 Å². The molecule has 0 aliphatic heterocycles. The first kappa shape index (κ1) is 14.1. The van der Waals surface area contributed by atoms with Gasteiger partial charge < -0.3 is 9.84 Å². The number of thiophene rings is 1. The van der Waals surface area contributed by atoms with Gasteiger partial charge in [-0.15, -0.1) is 10.2 Å². The van der Waals surface area contributed by atoms with Crippen molar-refractivity contribution < 1.29 is 9.84 Å². The molecule has 2 rings (SSSR count). The highest BCUT2D eigenvalue weighted by Gasteiger charge is 2.11. The van der Waals surface area contributed by atoms with Gasteiger partial charge >= 0.3 is 0 Å². The summed E-state index contributed by atoms with van der Waals surface area (Å²) in [4.78, 5) is 1.40. The Balaban J connectivity index is 1.83. The smallest absolute Gasteiger partial charge is 0.205 e. The molecule has 0 aliphatic rings. The van der Waals surface area contributed by atoms with Gasteiger partial charge in [0, 0.05) is 17.6 Å². The molecule has 1 N–H and O–H groups in total. The van der Waals surface area contributed by atoms with Gasteiger partial charge in [0.1, 0.15) is 0 Å². The van der Waals surface area contributed by atoms with Crippen LogP contribution in [0.3, 0.4) is 0 Å². The molecule has 0 aromatic carbocycles. The highest BCUT2D eigenvalue weighted by molar-refractivity contribution is 7.08. The second kappa shape index (κ2) is 6.74. The maximum Gasteiger partial charge on any atom is 0.205 e. The molecule has 2 aromatic heterocycles. The lowest BCUT2D eigenvalue weighted by molar-refractivity contribution is 0.0144. The standard InChI is InChI=1S/C12H18N4O2S/c1-9(2)6-18-7-11(17)5-16-14-12(13-15-16)10-3-4-19-8-10/h3-4,8-9,11,17H,5-7H2,1-2H3. The largest absolute Gasteiger partial charge is 0.389 e. The summed E-state index contributed by atoms with van der Waals surface area (Å²) in [6, 6.07) is 1.94. The minimum Gasteiger partial charge on any atom is -0.389 e. The molecule has 0 saturated heterocycles. The number of ether oxygens (including phenoxy) is 1. The summed E-state index contributed by atoms with van der Waals surface area (Å²) in [7, 11) is 0. The summed E-state index contributed by atoms with van der Waals surface area (Å²) in [5.41, 5.74) is 0.946. The Kier molecular flexibility index (Phi) is 5.00. The number of hydrogen-bond acceptors (Lipinski definition) is 6. The molecule has 104 valence electrons. The average Bonchev–Trinajstić information content (AvgIpc) is 2.97. The number of aromatic nitrogens is 4. The monoisotopic (exact) mass is 282 g/mol. The number of aliphatic hydroxyl groups is 1. The van der Waals surface area contributed by atoms with E-state index in [1.54, 1.807) is 11.3 Å². The molecule has 0 radical (unpaired) electrons. The van der Waals surface area contributed by atoms with Gasteiger partial charge in [-0.25, -0.2) is 0 Å². The van der Waals surface area contributed by atoms with E-state index in [-0.39, 0.29) is 13.2 Å². The highest BCUT2D eigenvalue weighted by Crippen LogP contribution is 2.16. The number of rotatable bonds is 7. The minimum atomic E-state index is -0.622. The second-order valence-electron chi connectivity index (χ2n) is 4.77. The lowest BCUT2D eigenvalue weighted by Gasteiger charge is -2.11.